The van der Waals surface area contributed by atoms with Crippen molar-refractivity contribution < 1.29 is 0 Å². The summed E-state index contributed by atoms with van der Waals surface area (Å²) >= 11 is 0. The van der Waals surface area contributed by atoms with Crippen molar-refractivity contribution in [3.05, 3.63) is 267 Å². The van der Waals surface area contributed by atoms with Crippen LogP contribution in [0.2, 0.25) is 0 Å². The first-order chi connectivity index (χ1) is 39.5. The fraction of sp³-hybridized carbons (Fsp3) is 0.0267. The predicted molar refractivity (Wildman–Crippen MR) is 336 cm³/mol. The molecule has 0 bridgehead atoms. The predicted octanol–water partition coefficient (Wildman–Crippen LogP) is 19.5. The fourth-order valence-corrected chi connectivity index (χ4v) is 12.9. The van der Waals surface area contributed by atoms with E-state index >= 15 is 0 Å². The van der Waals surface area contributed by atoms with Crippen LogP contribution in [0.4, 0.5) is 0 Å². The van der Waals surface area contributed by atoms with E-state index in [-0.39, 0.29) is 0 Å². The van der Waals surface area contributed by atoms with E-state index in [0.29, 0.717) is 0 Å². The fourth-order valence-electron chi connectivity index (χ4n) is 12.9. The monoisotopic (exact) mass is 1020 g/mol. The highest BCUT2D eigenvalue weighted by molar-refractivity contribution is 6.23. The topological polar surface area (TPSA) is 48.5 Å². The SMILES string of the molecule is Cc1nc2cc(-c3c4ccccc4c(-c4ccc5cc(-c6ccc(-c7nc8ccc(-c9c%10ccccc%10c(-c%10ccc%11ccccc%11c%10)c%10ccccc9%10)cc8n7-c7ccccn7)cc6)ccc5c4)c4ccccc34)ccc2n1C. The molecule has 0 atom stereocenters. The summed E-state index contributed by atoms with van der Waals surface area (Å²) in [6.45, 7) is 2.06. The standard InChI is InChI=1S/C75H49N5/c1-46-77-67-44-56(37-39-68(67)79(46)2)73-62-21-9-5-17-58(62)72(59-18-6-10-22-63(59)73)55-35-33-52-41-51(31-32-53(52)43-55)48-26-29-49(30-27-48)75-78-66-38-36-57(45-69(66)80(75)70-25-13-14-40-76-70)74-64-23-11-7-19-60(64)71(61-20-8-12-24-65(61)74)54-34-28-47-15-3-4-16-50(47)42-54/h3-45H,1-2H3. The summed E-state index contributed by atoms with van der Waals surface area (Å²) in [5, 5.41) is 14.7. The highest BCUT2D eigenvalue weighted by Crippen LogP contribution is 2.47. The summed E-state index contributed by atoms with van der Waals surface area (Å²) in [5.74, 6) is 2.66. The van der Waals surface area contributed by atoms with E-state index in [1.54, 1.807) is 0 Å². The Balaban J connectivity index is 0.769. The van der Waals surface area contributed by atoms with E-state index < -0.39 is 0 Å². The van der Waals surface area contributed by atoms with E-state index in [9.17, 15) is 0 Å². The molecule has 80 heavy (non-hydrogen) atoms. The summed E-state index contributed by atoms with van der Waals surface area (Å²) in [6.07, 6.45) is 1.86. The van der Waals surface area contributed by atoms with Crippen LogP contribution in [0.15, 0.2) is 261 Å². The van der Waals surface area contributed by atoms with Crippen LogP contribution in [-0.2, 0) is 7.05 Å². The average Bonchev–Trinajstić information content (AvgIpc) is 4.06. The van der Waals surface area contributed by atoms with Crippen LogP contribution >= 0.6 is 0 Å². The highest BCUT2D eigenvalue weighted by Gasteiger charge is 2.22. The lowest BCUT2D eigenvalue weighted by molar-refractivity contribution is 0.886. The molecular weight excluding hydrogens is 971 g/mol. The quantitative estimate of drug-likeness (QED) is 0.150. The number of aryl methyl sites for hydroxylation is 2. The van der Waals surface area contributed by atoms with Gasteiger partial charge in [-0.15, -0.1) is 0 Å². The van der Waals surface area contributed by atoms with Gasteiger partial charge in [0.1, 0.15) is 17.5 Å². The zero-order valence-electron chi connectivity index (χ0n) is 44.1. The van der Waals surface area contributed by atoms with Crippen LogP contribution in [0.3, 0.4) is 0 Å². The minimum atomic E-state index is 0.816. The van der Waals surface area contributed by atoms with Crippen molar-refractivity contribution in [2.75, 3.05) is 0 Å². The van der Waals surface area contributed by atoms with Gasteiger partial charge in [-0.25, -0.2) is 15.0 Å². The van der Waals surface area contributed by atoms with Crippen molar-refractivity contribution in [3.63, 3.8) is 0 Å². The number of fused-ring (bicyclic) bond motifs is 8. The van der Waals surface area contributed by atoms with Gasteiger partial charge >= 0.3 is 0 Å². The van der Waals surface area contributed by atoms with Crippen LogP contribution in [0.1, 0.15) is 5.82 Å². The Bertz CT molecular complexity index is 5090. The molecule has 13 aromatic carbocycles. The summed E-state index contributed by atoms with van der Waals surface area (Å²) in [7, 11) is 2.08. The van der Waals surface area contributed by atoms with Crippen molar-refractivity contribution in [1.82, 2.24) is 24.1 Å². The van der Waals surface area contributed by atoms with Crippen LogP contribution in [0.5, 0.6) is 0 Å². The third-order valence-electron chi connectivity index (χ3n) is 16.7. The van der Waals surface area contributed by atoms with E-state index in [1.165, 1.54) is 104 Å². The molecule has 0 fully saturated rings. The minimum Gasteiger partial charge on any atom is -0.331 e. The number of hydrogen-bond donors (Lipinski definition) is 0. The van der Waals surface area contributed by atoms with Crippen LogP contribution < -0.4 is 0 Å². The first-order valence-corrected chi connectivity index (χ1v) is 27.4. The van der Waals surface area contributed by atoms with Gasteiger partial charge in [0.15, 0.2) is 0 Å². The van der Waals surface area contributed by atoms with Crippen molar-refractivity contribution in [2.24, 2.45) is 7.05 Å². The van der Waals surface area contributed by atoms with Crippen LogP contribution in [0.25, 0.3) is 160 Å². The van der Waals surface area contributed by atoms with Gasteiger partial charge in [0, 0.05) is 18.8 Å². The summed E-state index contributed by atoms with van der Waals surface area (Å²) in [6, 6.07) is 93.1. The number of benzene rings is 13. The third-order valence-corrected chi connectivity index (χ3v) is 16.7. The summed E-state index contributed by atoms with van der Waals surface area (Å²) < 4.78 is 4.38. The third kappa shape index (κ3) is 7.21. The molecule has 5 nitrogen and oxygen atoms in total. The van der Waals surface area contributed by atoms with Crippen LogP contribution in [-0.4, -0.2) is 24.1 Å². The second kappa shape index (κ2) is 18.1. The van der Waals surface area contributed by atoms with E-state index in [1.807, 2.05) is 18.3 Å². The van der Waals surface area contributed by atoms with Gasteiger partial charge in [-0.2, -0.15) is 0 Å². The molecule has 374 valence electrons. The van der Waals surface area contributed by atoms with E-state index in [4.69, 9.17) is 15.0 Å². The molecule has 0 N–H and O–H groups in total. The number of nitrogens with zero attached hydrogens (tertiary/aromatic N) is 5. The molecule has 0 radical (unpaired) electrons. The van der Waals surface area contributed by atoms with Gasteiger partial charge in [0.2, 0.25) is 0 Å². The summed E-state index contributed by atoms with van der Waals surface area (Å²) in [4.78, 5) is 15.2. The Hall–Kier alpha value is -10.5. The van der Waals surface area contributed by atoms with Crippen molar-refractivity contribution in [3.8, 4) is 72.8 Å². The van der Waals surface area contributed by atoms with Gasteiger partial charge in [0.05, 0.1) is 22.1 Å². The number of pyridine rings is 1. The van der Waals surface area contributed by atoms with E-state index in [0.717, 1.165) is 61.8 Å². The maximum absolute atomic E-state index is 5.37. The van der Waals surface area contributed by atoms with Crippen molar-refractivity contribution in [1.29, 1.82) is 0 Å². The Morgan fingerprint density at radius 1 is 0.300 bits per heavy atom. The molecule has 0 aliphatic carbocycles. The molecule has 0 aliphatic heterocycles. The van der Waals surface area contributed by atoms with E-state index in [2.05, 4.69) is 266 Å². The molecule has 16 rings (SSSR count). The first-order valence-electron chi connectivity index (χ1n) is 27.4. The Morgan fingerprint density at radius 3 is 1.26 bits per heavy atom. The lowest BCUT2D eigenvalue weighted by Gasteiger charge is -2.18. The number of imidazole rings is 2. The smallest absolute Gasteiger partial charge is 0.146 e. The molecule has 0 saturated carbocycles. The zero-order chi connectivity index (χ0) is 53.0. The molecule has 3 aromatic heterocycles. The second-order valence-electron chi connectivity index (χ2n) is 21.2. The second-order valence-corrected chi connectivity index (χ2v) is 21.2. The zero-order valence-corrected chi connectivity index (χ0v) is 44.1. The van der Waals surface area contributed by atoms with Crippen molar-refractivity contribution in [2.45, 2.75) is 6.92 Å². The van der Waals surface area contributed by atoms with Gasteiger partial charge in [-0.05, 0) is 182 Å². The maximum Gasteiger partial charge on any atom is 0.146 e. The Kier molecular flexibility index (Phi) is 10.3. The molecule has 3 heterocycles. The molecule has 5 heteroatoms. The molecule has 0 saturated heterocycles. The Labute approximate surface area is 462 Å². The molecule has 0 unspecified atom stereocenters. The van der Waals surface area contributed by atoms with Gasteiger partial charge in [-0.1, -0.05) is 200 Å². The molecule has 0 spiro atoms. The lowest BCUT2D eigenvalue weighted by atomic mass is 9.85. The highest BCUT2D eigenvalue weighted by atomic mass is 15.1. The van der Waals surface area contributed by atoms with Crippen molar-refractivity contribution >= 4 is 86.7 Å². The number of rotatable bonds is 7. The molecule has 0 aliphatic rings. The van der Waals surface area contributed by atoms with Gasteiger partial charge in [0.25, 0.3) is 0 Å². The maximum atomic E-state index is 5.37. The first kappa shape index (κ1) is 45.7. The Morgan fingerprint density at radius 2 is 0.713 bits per heavy atom. The average molecular weight is 1020 g/mol. The van der Waals surface area contributed by atoms with Gasteiger partial charge < -0.3 is 4.57 Å². The molecular formula is C75H49N5. The van der Waals surface area contributed by atoms with Crippen LogP contribution in [0, 0.1) is 6.92 Å². The molecule has 16 aromatic rings. The number of hydrogen-bond acceptors (Lipinski definition) is 3. The summed E-state index contributed by atoms with van der Waals surface area (Å²) in [5.41, 5.74) is 17.0. The molecule has 0 amide bonds. The van der Waals surface area contributed by atoms with Gasteiger partial charge in [-0.3, -0.25) is 4.57 Å². The largest absolute Gasteiger partial charge is 0.331 e. The number of aromatic nitrogens is 5. The lowest BCUT2D eigenvalue weighted by Crippen LogP contribution is -2.00. The minimum absolute atomic E-state index is 0.816. The normalized spacial score (nSPS) is 11.9.